The van der Waals surface area contributed by atoms with Gasteiger partial charge in [-0.1, -0.05) is 6.07 Å². The number of rotatable bonds is 7. The van der Waals surface area contributed by atoms with Crippen LogP contribution in [-0.4, -0.2) is 47.4 Å². The van der Waals surface area contributed by atoms with Gasteiger partial charge in [-0.3, -0.25) is 4.98 Å². The van der Waals surface area contributed by atoms with E-state index in [-0.39, 0.29) is 12.2 Å². The first-order chi connectivity index (χ1) is 17.6. The fraction of sp³-hybridized carbons (Fsp3) is 0.321. The number of nitriles is 1. The number of fused-ring (bicyclic) bond motifs is 1. The minimum Gasteiger partial charge on any atom is -0.493 e. The first-order valence-corrected chi connectivity index (χ1v) is 12.2. The van der Waals surface area contributed by atoms with Crippen LogP contribution in [0.5, 0.6) is 17.4 Å². The summed E-state index contributed by atoms with van der Waals surface area (Å²) in [6.07, 6.45) is 7.46. The number of nitrogens with zero attached hydrogens (tertiary/aromatic N) is 3. The third kappa shape index (κ3) is 4.83. The van der Waals surface area contributed by atoms with Crippen molar-refractivity contribution >= 4 is 10.9 Å². The van der Waals surface area contributed by atoms with Gasteiger partial charge in [-0.25, -0.2) is 4.98 Å². The predicted octanol–water partition coefficient (Wildman–Crippen LogP) is 5.09. The zero-order valence-corrected chi connectivity index (χ0v) is 20.7. The lowest BCUT2D eigenvalue weighted by molar-refractivity contribution is 0.160. The Morgan fingerprint density at radius 3 is 2.78 bits per heavy atom. The lowest BCUT2D eigenvalue weighted by atomic mass is 9.98. The summed E-state index contributed by atoms with van der Waals surface area (Å²) < 4.78 is 17.8. The minimum atomic E-state index is -0.0606. The average molecular weight is 484 g/mol. The maximum Gasteiger partial charge on any atom is 0.233 e. The van der Waals surface area contributed by atoms with Crippen molar-refractivity contribution in [3.63, 3.8) is 0 Å². The first kappa shape index (κ1) is 23.6. The van der Waals surface area contributed by atoms with Crippen molar-refractivity contribution in [2.75, 3.05) is 20.2 Å². The number of benzene rings is 2. The molecule has 8 heteroatoms. The molecule has 0 amide bonds. The minimum absolute atomic E-state index is 0.0606. The van der Waals surface area contributed by atoms with Gasteiger partial charge in [0.05, 0.1) is 42.9 Å². The van der Waals surface area contributed by atoms with Crippen molar-refractivity contribution in [3.8, 4) is 45.8 Å². The fourth-order valence-electron chi connectivity index (χ4n) is 4.52. The fourth-order valence-corrected chi connectivity index (χ4v) is 4.52. The summed E-state index contributed by atoms with van der Waals surface area (Å²) in [5.74, 6) is 1.66. The van der Waals surface area contributed by atoms with E-state index in [1.165, 1.54) is 0 Å². The highest BCUT2D eigenvalue weighted by Gasteiger charge is 2.19. The highest BCUT2D eigenvalue weighted by Crippen LogP contribution is 2.41. The van der Waals surface area contributed by atoms with Crippen LogP contribution in [0.4, 0.5) is 0 Å². The topological polar surface area (TPSA) is 105 Å². The van der Waals surface area contributed by atoms with Gasteiger partial charge in [0.1, 0.15) is 6.10 Å². The molecule has 0 saturated carbocycles. The number of piperidine rings is 1. The van der Waals surface area contributed by atoms with Crippen LogP contribution in [-0.2, 0) is 0 Å². The largest absolute Gasteiger partial charge is 0.493 e. The maximum atomic E-state index is 9.59. The van der Waals surface area contributed by atoms with E-state index < -0.39 is 0 Å². The van der Waals surface area contributed by atoms with E-state index in [2.05, 4.69) is 27.4 Å². The van der Waals surface area contributed by atoms with Gasteiger partial charge in [0.2, 0.25) is 5.88 Å². The van der Waals surface area contributed by atoms with E-state index in [1.807, 2.05) is 38.2 Å². The monoisotopic (exact) mass is 483 g/mol. The zero-order chi connectivity index (χ0) is 25.1. The second kappa shape index (κ2) is 10.3. The number of aromatic nitrogens is 3. The molecule has 0 unspecified atom stereocenters. The number of nitrogens with one attached hydrogen (secondary N) is 2. The van der Waals surface area contributed by atoms with E-state index >= 15 is 0 Å². The number of methoxy groups -OCH3 is 1. The standard InChI is InChI=1S/C28H29N5O3/c1-17(2)35-28-21(9-18(12-29)10-26(28)34-3)19-6-7-24-22(11-19)23(14-32-24)25-15-31-16-27(33-25)36-20-5-4-8-30-13-20/h6-7,9-11,14-17,20,30,32H,4-5,8,13H2,1-3H3/t20-/m1/s1. The summed E-state index contributed by atoms with van der Waals surface area (Å²) in [7, 11) is 1.58. The Balaban J connectivity index is 1.56. The first-order valence-electron chi connectivity index (χ1n) is 12.2. The van der Waals surface area contributed by atoms with Crippen molar-refractivity contribution in [1.29, 1.82) is 5.26 Å². The third-order valence-corrected chi connectivity index (χ3v) is 6.18. The van der Waals surface area contributed by atoms with Crippen LogP contribution in [0, 0.1) is 11.3 Å². The van der Waals surface area contributed by atoms with Crippen molar-refractivity contribution in [3.05, 3.63) is 54.5 Å². The van der Waals surface area contributed by atoms with Gasteiger partial charge in [0.25, 0.3) is 0 Å². The van der Waals surface area contributed by atoms with Gasteiger partial charge in [-0.05, 0) is 57.0 Å². The quantitative estimate of drug-likeness (QED) is 0.377. The summed E-state index contributed by atoms with van der Waals surface area (Å²) in [6, 6.07) is 11.9. The maximum absolute atomic E-state index is 9.59. The van der Waals surface area contributed by atoms with E-state index in [0.717, 1.165) is 59.2 Å². The van der Waals surface area contributed by atoms with Crippen LogP contribution in [0.15, 0.2) is 48.9 Å². The van der Waals surface area contributed by atoms with Crippen LogP contribution in [0.25, 0.3) is 33.3 Å². The summed E-state index contributed by atoms with van der Waals surface area (Å²) in [6.45, 7) is 5.77. The van der Waals surface area contributed by atoms with Gasteiger partial charge in [-0.15, -0.1) is 0 Å². The molecule has 2 aromatic heterocycles. The molecule has 0 spiro atoms. The summed E-state index contributed by atoms with van der Waals surface area (Å²) in [5.41, 5.74) is 4.81. The molecule has 2 aromatic carbocycles. The number of aromatic amines is 1. The molecule has 5 rings (SSSR count). The molecule has 1 saturated heterocycles. The van der Waals surface area contributed by atoms with E-state index in [1.54, 1.807) is 25.6 Å². The normalized spacial score (nSPS) is 15.6. The second-order valence-corrected chi connectivity index (χ2v) is 9.13. The highest BCUT2D eigenvalue weighted by atomic mass is 16.5. The molecule has 0 bridgehead atoms. The third-order valence-electron chi connectivity index (χ3n) is 6.18. The molecule has 2 N–H and O–H groups in total. The van der Waals surface area contributed by atoms with Crippen LogP contribution in [0.3, 0.4) is 0 Å². The van der Waals surface area contributed by atoms with Crippen molar-refractivity contribution in [2.45, 2.75) is 38.9 Å². The summed E-state index contributed by atoms with van der Waals surface area (Å²) >= 11 is 0. The summed E-state index contributed by atoms with van der Waals surface area (Å²) in [5, 5.41) is 13.9. The number of hydrogen-bond donors (Lipinski definition) is 2. The Hall–Kier alpha value is -4.09. The number of H-pyrrole nitrogens is 1. The Morgan fingerprint density at radius 2 is 2.03 bits per heavy atom. The van der Waals surface area contributed by atoms with Crippen LogP contribution < -0.4 is 19.5 Å². The highest BCUT2D eigenvalue weighted by molar-refractivity contribution is 5.97. The molecule has 1 atom stereocenters. The van der Waals surface area contributed by atoms with Gasteiger partial charge < -0.3 is 24.5 Å². The van der Waals surface area contributed by atoms with Crippen LogP contribution in [0.1, 0.15) is 32.3 Å². The molecule has 1 aliphatic heterocycles. The van der Waals surface area contributed by atoms with Gasteiger partial charge in [0, 0.05) is 40.8 Å². The van der Waals surface area contributed by atoms with Crippen molar-refractivity contribution < 1.29 is 14.2 Å². The predicted molar refractivity (Wildman–Crippen MR) is 138 cm³/mol. The van der Waals surface area contributed by atoms with E-state index in [9.17, 15) is 5.26 Å². The van der Waals surface area contributed by atoms with Crippen LogP contribution >= 0.6 is 0 Å². The van der Waals surface area contributed by atoms with Crippen molar-refractivity contribution in [1.82, 2.24) is 20.3 Å². The van der Waals surface area contributed by atoms with Gasteiger partial charge in [-0.2, -0.15) is 5.26 Å². The second-order valence-electron chi connectivity index (χ2n) is 9.13. The molecular formula is C28H29N5O3. The molecule has 36 heavy (non-hydrogen) atoms. The Morgan fingerprint density at radius 1 is 1.14 bits per heavy atom. The molecule has 0 aliphatic carbocycles. The zero-order valence-electron chi connectivity index (χ0n) is 20.7. The molecule has 0 radical (unpaired) electrons. The number of hydrogen-bond acceptors (Lipinski definition) is 7. The summed E-state index contributed by atoms with van der Waals surface area (Å²) in [4.78, 5) is 12.5. The van der Waals surface area contributed by atoms with E-state index in [0.29, 0.717) is 22.9 Å². The molecule has 1 fully saturated rings. The lowest BCUT2D eigenvalue weighted by Crippen LogP contribution is -2.37. The van der Waals surface area contributed by atoms with Gasteiger partial charge in [0.15, 0.2) is 11.5 Å². The Labute approximate surface area is 210 Å². The average Bonchev–Trinajstić information content (AvgIpc) is 3.32. The van der Waals surface area contributed by atoms with E-state index in [4.69, 9.17) is 19.2 Å². The Kier molecular flexibility index (Phi) is 6.74. The molecule has 1 aliphatic rings. The SMILES string of the molecule is COc1cc(C#N)cc(-c2ccc3[nH]cc(-c4cncc(O[C@@H]5CCCNC5)n4)c3c2)c1OC(C)C. The molecule has 184 valence electrons. The van der Waals surface area contributed by atoms with Gasteiger partial charge >= 0.3 is 0 Å². The molecule has 4 aromatic rings. The van der Waals surface area contributed by atoms with Crippen LogP contribution in [0.2, 0.25) is 0 Å². The molecule has 8 nitrogen and oxygen atoms in total. The van der Waals surface area contributed by atoms with Crippen molar-refractivity contribution in [2.24, 2.45) is 0 Å². The Bertz CT molecular complexity index is 1420. The lowest BCUT2D eigenvalue weighted by Gasteiger charge is -2.23. The molecular weight excluding hydrogens is 454 g/mol. The number of ether oxygens (including phenoxy) is 3. The smallest absolute Gasteiger partial charge is 0.233 e. The molecule has 3 heterocycles.